The van der Waals surface area contributed by atoms with Crippen LogP contribution in [0.1, 0.15) is 24.0 Å². The highest BCUT2D eigenvalue weighted by molar-refractivity contribution is 7.88. The Morgan fingerprint density at radius 2 is 1.69 bits per heavy atom. The van der Waals surface area contributed by atoms with Gasteiger partial charge in [-0.2, -0.15) is 9.57 Å². The molecule has 0 N–H and O–H groups in total. The lowest BCUT2D eigenvalue weighted by Gasteiger charge is -2.35. The molecule has 4 rings (SSSR count). The summed E-state index contributed by atoms with van der Waals surface area (Å²) in [5.74, 6) is 0.588. The van der Waals surface area contributed by atoms with Gasteiger partial charge >= 0.3 is 6.03 Å². The summed E-state index contributed by atoms with van der Waals surface area (Å²) in [6.07, 6.45) is 0.949. The number of benzene rings is 2. The monoisotopic (exact) mass is 550 g/mol. The van der Waals surface area contributed by atoms with Crippen molar-refractivity contribution in [3.8, 4) is 11.8 Å². The van der Waals surface area contributed by atoms with E-state index in [1.165, 1.54) is 10.6 Å². The van der Waals surface area contributed by atoms with Gasteiger partial charge in [0.05, 0.1) is 27.9 Å². The van der Waals surface area contributed by atoms with Crippen molar-refractivity contribution in [2.45, 2.75) is 18.9 Å². The van der Waals surface area contributed by atoms with Crippen molar-refractivity contribution in [1.82, 2.24) is 14.1 Å². The topological polar surface area (TPSA) is 93.9 Å². The summed E-state index contributed by atoms with van der Waals surface area (Å²) in [6.45, 7) is 4.21. The minimum Gasteiger partial charge on any atom is -0.490 e. The van der Waals surface area contributed by atoms with Gasteiger partial charge in [0, 0.05) is 51.1 Å². The third kappa shape index (κ3) is 5.89. The Morgan fingerprint density at radius 3 is 2.28 bits per heavy atom. The summed E-state index contributed by atoms with van der Waals surface area (Å²) >= 11 is 12.5. The van der Waals surface area contributed by atoms with Gasteiger partial charge < -0.3 is 14.5 Å². The first kappa shape index (κ1) is 26.6. The van der Waals surface area contributed by atoms with E-state index in [0.29, 0.717) is 47.5 Å². The first-order valence-corrected chi connectivity index (χ1v) is 14.3. The molecule has 2 aromatic carbocycles. The van der Waals surface area contributed by atoms with Gasteiger partial charge in [-0.25, -0.2) is 13.2 Å². The molecule has 0 unspecified atom stereocenters. The first-order valence-electron chi connectivity index (χ1n) is 11.7. The summed E-state index contributed by atoms with van der Waals surface area (Å²) in [5.41, 5.74) is 1.53. The molecule has 36 heavy (non-hydrogen) atoms. The summed E-state index contributed by atoms with van der Waals surface area (Å²) in [6, 6.07) is 14.5. The number of sulfonamides is 1. The molecule has 2 saturated heterocycles. The molecule has 0 saturated carbocycles. The average molecular weight is 551 g/mol. The number of piperazine rings is 1. The molecule has 192 valence electrons. The SMILES string of the molecule is C[C@@H](Oc1ccc(C#N)cc1)[C@@H]1CN(C(=O)N2CCN(S(C)(=O)=O)CC2)C[C@H]1c1ccc(Cl)c(Cl)c1. The van der Waals surface area contributed by atoms with Crippen LogP contribution in [-0.4, -0.2) is 80.2 Å². The van der Waals surface area contributed by atoms with E-state index < -0.39 is 10.0 Å². The summed E-state index contributed by atoms with van der Waals surface area (Å²) in [7, 11) is -3.28. The van der Waals surface area contributed by atoms with Crippen LogP contribution in [0.5, 0.6) is 5.75 Å². The maximum Gasteiger partial charge on any atom is 0.320 e. The number of hydrogen-bond acceptors (Lipinski definition) is 5. The van der Waals surface area contributed by atoms with Crippen molar-refractivity contribution in [3.63, 3.8) is 0 Å². The minimum atomic E-state index is -3.28. The quantitative estimate of drug-likeness (QED) is 0.559. The van der Waals surface area contributed by atoms with Crippen molar-refractivity contribution < 1.29 is 17.9 Å². The first-order chi connectivity index (χ1) is 17.1. The predicted molar refractivity (Wildman–Crippen MR) is 139 cm³/mol. The van der Waals surface area contributed by atoms with E-state index in [1.807, 2.05) is 24.0 Å². The maximum atomic E-state index is 13.4. The van der Waals surface area contributed by atoms with E-state index >= 15 is 0 Å². The Morgan fingerprint density at radius 1 is 1.03 bits per heavy atom. The fraction of sp³-hybridized carbons (Fsp3) is 0.440. The second-order valence-corrected chi connectivity index (χ2v) is 12.0. The molecule has 2 aliphatic rings. The van der Waals surface area contributed by atoms with E-state index in [-0.39, 0.29) is 37.1 Å². The fourth-order valence-corrected chi connectivity index (χ4v) is 6.01. The summed E-state index contributed by atoms with van der Waals surface area (Å²) < 4.78 is 31.3. The largest absolute Gasteiger partial charge is 0.490 e. The second kappa shape index (κ2) is 10.9. The molecule has 0 aromatic heterocycles. The van der Waals surface area contributed by atoms with Crippen LogP contribution in [-0.2, 0) is 10.0 Å². The molecule has 0 bridgehead atoms. The Kier molecular flexibility index (Phi) is 8.00. The molecular formula is C25H28Cl2N4O4S. The zero-order chi connectivity index (χ0) is 26.0. The van der Waals surface area contributed by atoms with Gasteiger partial charge in [0.1, 0.15) is 11.9 Å². The van der Waals surface area contributed by atoms with Crippen molar-refractivity contribution in [2.24, 2.45) is 5.92 Å². The number of carbonyl (C=O) groups is 1. The smallest absolute Gasteiger partial charge is 0.320 e. The van der Waals surface area contributed by atoms with Gasteiger partial charge in [0.2, 0.25) is 10.0 Å². The molecule has 0 aliphatic carbocycles. The number of urea groups is 1. The van der Waals surface area contributed by atoms with Crippen LogP contribution < -0.4 is 4.74 Å². The number of likely N-dealkylation sites (tertiary alicyclic amines) is 1. The van der Waals surface area contributed by atoms with Gasteiger partial charge in [0.15, 0.2) is 0 Å². The number of nitrogens with zero attached hydrogens (tertiary/aromatic N) is 4. The van der Waals surface area contributed by atoms with E-state index in [4.69, 9.17) is 33.2 Å². The van der Waals surface area contributed by atoms with Crippen LogP contribution in [0, 0.1) is 17.2 Å². The van der Waals surface area contributed by atoms with E-state index in [9.17, 15) is 13.2 Å². The Labute approximate surface area is 222 Å². The van der Waals surface area contributed by atoms with Crippen LogP contribution in [0.3, 0.4) is 0 Å². The molecule has 2 amide bonds. The minimum absolute atomic E-state index is 0.0286. The zero-order valence-corrected chi connectivity index (χ0v) is 22.4. The molecule has 11 heteroatoms. The number of halogens is 2. The van der Waals surface area contributed by atoms with Crippen LogP contribution >= 0.6 is 23.2 Å². The molecule has 2 fully saturated rings. The van der Waals surface area contributed by atoms with Crippen LogP contribution in [0.15, 0.2) is 42.5 Å². The molecule has 2 aromatic rings. The predicted octanol–water partition coefficient (Wildman–Crippen LogP) is 4.05. The van der Waals surface area contributed by atoms with Gasteiger partial charge in [-0.05, 0) is 48.9 Å². The highest BCUT2D eigenvalue weighted by Gasteiger charge is 2.42. The number of nitriles is 1. The number of rotatable bonds is 5. The zero-order valence-electron chi connectivity index (χ0n) is 20.1. The van der Waals surface area contributed by atoms with Crippen LogP contribution in [0.2, 0.25) is 10.0 Å². The highest BCUT2D eigenvalue weighted by Crippen LogP contribution is 2.39. The number of hydrogen-bond donors (Lipinski definition) is 0. The van der Waals surface area contributed by atoms with Gasteiger partial charge in [-0.15, -0.1) is 0 Å². The second-order valence-electron chi connectivity index (χ2n) is 9.24. The molecular weight excluding hydrogens is 523 g/mol. The molecule has 2 aliphatic heterocycles. The normalized spacial score (nSPS) is 21.8. The number of carbonyl (C=O) groups excluding carboxylic acids is 1. The van der Waals surface area contributed by atoms with Crippen LogP contribution in [0.4, 0.5) is 4.79 Å². The lowest BCUT2D eigenvalue weighted by molar-refractivity contribution is 0.129. The van der Waals surface area contributed by atoms with Crippen LogP contribution in [0.25, 0.3) is 0 Å². The van der Waals surface area contributed by atoms with Crippen molar-refractivity contribution in [3.05, 3.63) is 63.6 Å². The maximum absolute atomic E-state index is 13.4. The van der Waals surface area contributed by atoms with Gasteiger partial charge in [0.25, 0.3) is 0 Å². The van der Waals surface area contributed by atoms with E-state index in [1.54, 1.807) is 35.2 Å². The molecule has 3 atom stereocenters. The van der Waals surface area contributed by atoms with Crippen molar-refractivity contribution in [1.29, 1.82) is 5.26 Å². The molecule has 0 spiro atoms. The number of amides is 2. The van der Waals surface area contributed by atoms with Gasteiger partial charge in [-0.3, -0.25) is 0 Å². The Balaban J connectivity index is 1.52. The molecule has 8 nitrogen and oxygen atoms in total. The Hall–Kier alpha value is -2.51. The summed E-state index contributed by atoms with van der Waals surface area (Å²) in [4.78, 5) is 16.9. The van der Waals surface area contributed by atoms with Gasteiger partial charge in [-0.1, -0.05) is 29.3 Å². The molecule has 0 radical (unpaired) electrons. The fourth-order valence-electron chi connectivity index (χ4n) is 4.88. The van der Waals surface area contributed by atoms with E-state index in [2.05, 4.69) is 6.07 Å². The highest BCUT2D eigenvalue weighted by atomic mass is 35.5. The Bertz CT molecular complexity index is 1260. The lowest BCUT2D eigenvalue weighted by atomic mass is 9.85. The standard InChI is InChI=1S/C25H28Cl2N4O4S/c1-17(35-20-6-3-18(14-28)4-7-20)21-15-30(16-22(21)19-5-8-23(26)24(27)13-19)25(32)29-9-11-31(12-10-29)36(2,33)34/h3-8,13,17,21-22H,9-12,15-16H2,1-2H3/t17-,21+,22+/m1/s1. The third-order valence-electron chi connectivity index (χ3n) is 6.89. The number of ether oxygens (including phenoxy) is 1. The van der Waals surface area contributed by atoms with Crippen molar-refractivity contribution >= 4 is 39.3 Å². The molecule has 2 heterocycles. The van der Waals surface area contributed by atoms with Crippen molar-refractivity contribution in [2.75, 3.05) is 45.5 Å². The van der Waals surface area contributed by atoms with E-state index in [0.717, 1.165) is 5.56 Å². The average Bonchev–Trinajstić information content (AvgIpc) is 3.31. The third-order valence-corrected chi connectivity index (χ3v) is 8.94. The summed E-state index contributed by atoms with van der Waals surface area (Å²) in [5, 5.41) is 9.96. The lowest BCUT2D eigenvalue weighted by Crippen LogP contribution is -2.53.